The van der Waals surface area contributed by atoms with E-state index in [1.54, 1.807) is 0 Å². The standard InChI is InChI=1S/C11H14N2O2S/c1-7-4-9-10(5-8(7)2)13-11(12-9)6-16(3,14)15/h4-5H,6H2,1-3H3,(H,12,13). The van der Waals surface area contributed by atoms with Gasteiger partial charge in [-0.1, -0.05) is 0 Å². The van der Waals surface area contributed by atoms with Gasteiger partial charge in [0.2, 0.25) is 0 Å². The van der Waals surface area contributed by atoms with E-state index >= 15 is 0 Å². The number of rotatable bonds is 2. The van der Waals surface area contributed by atoms with Crippen molar-refractivity contribution >= 4 is 20.9 Å². The number of sulfone groups is 1. The van der Waals surface area contributed by atoms with Crippen LogP contribution in [-0.2, 0) is 15.6 Å². The normalized spacial score (nSPS) is 12.2. The zero-order valence-corrected chi connectivity index (χ0v) is 10.4. The molecule has 1 N–H and O–H groups in total. The number of imidazole rings is 1. The number of nitrogens with zero attached hydrogens (tertiary/aromatic N) is 1. The molecule has 2 aromatic rings. The first kappa shape index (κ1) is 11.1. The van der Waals surface area contributed by atoms with E-state index in [1.165, 1.54) is 11.8 Å². The van der Waals surface area contributed by atoms with Crippen LogP contribution in [0.25, 0.3) is 11.0 Å². The molecule has 0 radical (unpaired) electrons. The first-order valence-corrected chi connectivity index (χ1v) is 7.05. The van der Waals surface area contributed by atoms with Gasteiger partial charge in [-0.25, -0.2) is 13.4 Å². The van der Waals surface area contributed by atoms with Gasteiger partial charge < -0.3 is 4.98 Å². The first-order valence-electron chi connectivity index (χ1n) is 4.99. The molecule has 0 unspecified atom stereocenters. The van der Waals surface area contributed by atoms with E-state index in [0.717, 1.165) is 16.6 Å². The van der Waals surface area contributed by atoms with Crippen molar-refractivity contribution in [2.45, 2.75) is 19.6 Å². The zero-order valence-electron chi connectivity index (χ0n) is 9.53. The molecule has 2 rings (SSSR count). The maximum atomic E-state index is 11.2. The summed E-state index contributed by atoms with van der Waals surface area (Å²) in [6.45, 7) is 4.03. The van der Waals surface area contributed by atoms with Crippen LogP contribution in [-0.4, -0.2) is 24.6 Å². The number of aromatic amines is 1. The predicted molar refractivity (Wildman–Crippen MR) is 64.1 cm³/mol. The van der Waals surface area contributed by atoms with Crippen molar-refractivity contribution in [3.05, 3.63) is 29.1 Å². The maximum Gasteiger partial charge on any atom is 0.154 e. The Balaban J connectivity index is 2.52. The summed E-state index contributed by atoms with van der Waals surface area (Å²) in [6.07, 6.45) is 1.21. The third kappa shape index (κ3) is 2.24. The number of hydrogen-bond acceptors (Lipinski definition) is 3. The Bertz CT molecular complexity index is 602. The highest BCUT2D eigenvalue weighted by molar-refractivity contribution is 7.89. The molecular weight excluding hydrogens is 224 g/mol. The molecule has 1 heterocycles. The quantitative estimate of drug-likeness (QED) is 0.866. The Kier molecular flexibility index (Phi) is 2.50. The summed E-state index contributed by atoms with van der Waals surface area (Å²) in [4.78, 5) is 7.30. The second-order valence-corrected chi connectivity index (χ2v) is 6.35. The van der Waals surface area contributed by atoms with Gasteiger partial charge in [0.15, 0.2) is 9.84 Å². The molecule has 0 bridgehead atoms. The average Bonchev–Trinajstić information content (AvgIpc) is 2.44. The summed E-state index contributed by atoms with van der Waals surface area (Å²) in [6, 6.07) is 3.95. The second kappa shape index (κ2) is 3.59. The highest BCUT2D eigenvalue weighted by Crippen LogP contribution is 2.17. The van der Waals surface area contributed by atoms with E-state index in [2.05, 4.69) is 9.97 Å². The molecule has 0 aliphatic carbocycles. The van der Waals surface area contributed by atoms with Gasteiger partial charge in [-0.3, -0.25) is 0 Å². The van der Waals surface area contributed by atoms with Crippen molar-refractivity contribution in [3.8, 4) is 0 Å². The molecule has 0 amide bonds. The van der Waals surface area contributed by atoms with Crippen LogP contribution in [0.5, 0.6) is 0 Å². The lowest BCUT2D eigenvalue weighted by Gasteiger charge is -1.97. The van der Waals surface area contributed by atoms with Gasteiger partial charge in [0.25, 0.3) is 0 Å². The topological polar surface area (TPSA) is 62.8 Å². The van der Waals surface area contributed by atoms with Crippen LogP contribution >= 0.6 is 0 Å². The van der Waals surface area contributed by atoms with Gasteiger partial charge >= 0.3 is 0 Å². The average molecular weight is 238 g/mol. The van der Waals surface area contributed by atoms with E-state index < -0.39 is 9.84 Å². The van der Waals surface area contributed by atoms with E-state index in [9.17, 15) is 8.42 Å². The Labute approximate surface area is 94.6 Å². The van der Waals surface area contributed by atoms with E-state index in [0.29, 0.717) is 5.82 Å². The first-order chi connectivity index (χ1) is 7.35. The molecule has 0 saturated carbocycles. The summed E-state index contributed by atoms with van der Waals surface area (Å²) in [7, 11) is -3.04. The zero-order chi connectivity index (χ0) is 11.9. The van der Waals surface area contributed by atoms with Crippen molar-refractivity contribution in [2.24, 2.45) is 0 Å². The van der Waals surface area contributed by atoms with Crippen LogP contribution in [0.1, 0.15) is 17.0 Å². The number of benzene rings is 1. The largest absolute Gasteiger partial charge is 0.341 e. The molecule has 0 fully saturated rings. The SMILES string of the molecule is Cc1cc2nc(CS(C)(=O)=O)[nH]c2cc1C. The molecule has 1 aromatic heterocycles. The Morgan fingerprint density at radius 2 is 1.88 bits per heavy atom. The summed E-state index contributed by atoms with van der Waals surface area (Å²) in [5, 5.41) is 0. The minimum absolute atomic E-state index is 0.0419. The summed E-state index contributed by atoms with van der Waals surface area (Å²) < 4.78 is 22.3. The van der Waals surface area contributed by atoms with Gasteiger partial charge in [-0.15, -0.1) is 0 Å². The Morgan fingerprint density at radius 1 is 1.25 bits per heavy atom. The third-order valence-corrected chi connectivity index (χ3v) is 3.34. The molecule has 4 nitrogen and oxygen atoms in total. The molecule has 0 saturated heterocycles. The molecule has 0 aliphatic heterocycles. The van der Waals surface area contributed by atoms with Crippen LogP contribution in [0, 0.1) is 13.8 Å². The second-order valence-electron chi connectivity index (χ2n) is 4.21. The van der Waals surface area contributed by atoms with Gasteiger partial charge in [0, 0.05) is 6.26 Å². The predicted octanol–water partition coefficient (Wildman–Crippen LogP) is 1.72. The smallest absolute Gasteiger partial charge is 0.154 e. The van der Waals surface area contributed by atoms with Crippen LogP contribution in [0.4, 0.5) is 0 Å². The van der Waals surface area contributed by atoms with Crippen LogP contribution < -0.4 is 0 Å². The molecule has 0 atom stereocenters. The molecular formula is C11H14N2O2S. The van der Waals surface area contributed by atoms with Crippen molar-refractivity contribution in [3.63, 3.8) is 0 Å². The van der Waals surface area contributed by atoms with Crippen molar-refractivity contribution < 1.29 is 8.42 Å². The maximum absolute atomic E-state index is 11.2. The van der Waals surface area contributed by atoms with Crippen molar-refractivity contribution in [1.82, 2.24) is 9.97 Å². The monoisotopic (exact) mass is 238 g/mol. The lowest BCUT2D eigenvalue weighted by molar-refractivity contribution is 0.600. The van der Waals surface area contributed by atoms with Crippen LogP contribution in [0.3, 0.4) is 0 Å². The number of H-pyrrole nitrogens is 1. The molecule has 0 aliphatic rings. The highest BCUT2D eigenvalue weighted by atomic mass is 32.2. The van der Waals surface area contributed by atoms with Crippen molar-refractivity contribution in [1.29, 1.82) is 0 Å². The molecule has 5 heteroatoms. The van der Waals surface area contributed by atoms with Gasteiger partial charge in [-0.2, -0.15) is 0 Å². The van der Waals surface area contributed by atoms with Gasteiger partial charge in [-0.05, 0) is 37.1 Å². The summed E-state index contributed by atoms with van der Waals surface area (Å²) >= 11 is 0. The van der Waals surface area contributed by atoms with E-state index in [-0.39, 0.29) is 5.75 Å². The Hall–Kier alpha value is -1.36. The fourth-order valence-corrected chi connectivity index (χ4v) is 2.27. The molecule has 86 valence electrons. The summed E-state index contributed by atoms with van der Waals surface area (Å²) in [5.41, 5.74) is 4.04. The van der Waals surface area contributed by atoms with Crippen LogP contribution in [0.2, 0.25) is 0 Å². The van der Waals surface area contributed by atoms with E-state index in [4.69, 9.17) is 0 Å². The number of aromatic nitrogens is 2. The Morgan fingerprint density at radius 3 is 2.50 bits per heavy atom. The highest BCUT2D eigenvalue weighted by Gasteiger charge is 2.09. The van der Waals surface area contributed by atoms with Crippen molar-refractivity contribution in [2.75, 3.05) is 6.26 Å². The van der Waals surface area contributed by atoms with Crippen LogP contribution in [0.15, 0.2) is 12.1 Å². The van der Waals surface area contributed by atoms with Gasteiger partial charge in [0.1, 0.15) is 11.6 Å². The summed E-state index contributed by atoms with van der Waals surface area (Å²) in [5.74, 6) is 0.460. The lowest BCUT2D eigenvalue weighted by Crippen LogP contribution is -2.01. The number of nitrogens with one attached hydrogen (secondary N) is 1. The van der Waals surface area contributed by atoms with E-state index in [1.807, 2.05) is 26.0 Å². The fourth-order valence-electron chi connectivity index (χ4n) is 1.64. The number of hydrogen-bond donors (Lipinski definition) is 1. The minimum atomic E-state index is -3.04. The molecule has 16 heavy (non-hydrogen) atoms. The minimum Gasteiger partial charge on any atom is -0.341 e. The molecule has 1 aromatic carbocycles. The lowest BCUT2D eigenvalue weighted by atomic mass is 10.1. The fraction of sp³-hybridized carbons (Fsp3) is 0.364. The van der Waals surface area contributed by atoms with Gasteiger partial charge in [0.05, 0.1) is 11.0 Å². The molecule has 0 spiro atoms. The number of fused-ring (bicyclic) bond motifs is 1. The third-order valence-electron chi connectivity index (χ3n) is 2.55. The number of aryl methyl sites for hydroxylation is 2.